The molecule has 0 bridgehead atoms. The molecule has 27 heavy (non-hydrogen) atoms. The zero-order valence-corrected chi connectivity index (χ0v) is 16.5. The van der Waals surface area contributed by atoms with Crippen LogP contribution in [0.25, 0.3) is 0 Å². The second-order valence-corrected chi connectivity index (χ2v) is 7.34. The molecule has 0 N–H and O–H groups in total. The van der Waals surface area contributed by atoms with E-state index in [1.165, 1.54) is 16.2 Å². The molecule has 0 aliphatic carbocycles. The van der Waals surface area contributed by atoms with E-state index in [1.807, 2.05) is 37.3 Å². The first-order chi connectivity index (χ1) is 12.9. The fourth-order valence-electron chi connectivity index (χ4n) is 2.43. The number of aryl methyl sites for hydroxylation is 1. The molecule has 0 fully saturated rings. The number of esters is 1. The first kappa shape index (κ1) is 20.6. The number of amides is 1. The standard InChI is InChI=1S/C20H23NO5S/c1-14-8-10-18(27-14)16(22)9-11-20(24)26-13-19(23)21(2)12-15-6-4-5-7-17(15)25-3/h4-8,10H,9,11-13H2,1-3H3. The van der Waals surface area contributed by atoms with Crippen LogP contribution >= 0.6 is 11.3 Å². The second-order valence-electron chi connectivity index (χ2n) is 6.06. The van der Waals surface area contributed by atoms with E-state index in [4.69, 9.17) is 9.47 Å². The SMILES string of the molecule is COc1ccccc1CN(C)C(=O)COC(=O)CCC(=O)c1ccc(C)s1. The number of Topliss-reactive ketones (excluding diaryl/α,β-unsaturated/α-hetero) is 1. The van der Waals surface area contributed by atoms with E-state index in [9.17, 15) is 14.4 Å². The van der Waals surface area contributed by atoms with Crippen molar-refractivity contribution in [2.75, 3.05) is 20.8 Å². The number of rotatable bonds is 9. The van der Waals surface area contributed by atoms with Crippen LogP contribution in [0.5, 0.6) is 5.75 Å². The predicted octanol–water partition coefficient (Wildman–Crippen LogP) is 3.23. The Labute approximate surface area is 162 Å². The van der Waals surface area contributed by atoms with Crippen LogP contribution < -0.4 is 4.74 Å². The fourth-order valence-corrected chi connectivity index (χ4v) is 3.26. The highest BCUT2D eigenvalue weighted by atomic mass is 32.1. The van der Waals surface area contributed by atoms with Crippen molar-refractivity contribution in [3.8, 4) is 5.75 Å². The molecule has 1 aromatic carbocycles. The zero-order valence-electron chi connectivity index (χ0n) is 15.7. The number of benzene rings is 1. The molecule has 0 unspecified atom stereocenters. The second kappa shape index (κ2) is 9.87. The van der Waals surface area contributed by atoms with E-state index >= 15 is 0 Å². The minimum atomic E-state index is -0.560. The largest absolute Gasteiger partial charge is 0.496 e. The van der Waals surface area contributed by atoms with Crippen molar-refractivity contribution in [2.45, 2.75) is 26.3 Å². The number of para-hydroxylation sites is 1. The summed E-state index contributed by atoms with van der Waals surface area (Å²) in [5.41, 5.74) is 0.860. The van der Waals surface area contributed by atoms with Gasteiger partial charge >= 0.3 is 5.97 Å². The topological polar surface area (TPSA) is 72.9 Å². The Hall–Kier alpha value is -2.67. The number of ketones is 1. The van der Waals surface area contributed by atoms with E-state index in [-0.39, 0.29) is 31.1 Å². The summed E-state index contributed by atoms with van der Waals surface area (Å²) < 4.78 is 10.3. The minimum absolute atomic E-state index is 0.0424. The number of thiophene rings is 1. The maximum atomic E-state index is 12.2. The van der Waals surface area contributed by atoms with Gasteiger partial charge in [-0.25, -0.2) is 0 Å². The number of nitrogens with zero attached hydrogens (tertiary/aromatic N) is 1. The molecule has 0 saturated carbocycles. The number of hydrogen-bond acceptors (Lipinski definition) is 6. The molecular weight excluding hydrogens is 366 g/mol. The molecular formula is C20H23NO5S. The quantitative estimate of drug-likeness (QED) is 0.486. The Morgan fingerprint density at radius 2 is 1.81 bits per heavy atom. The van der Waals surface area contributed by atoms with Gasteiger partial charge in [-0.1, -0.05) is 18.2 Å². The Morgan fingerprint density at radius 3 is 2.48 bits per heavy atom. The number of carbonyl (C=O) groups is 3. The summed E-state index contributed by atoms with van der Waals surface area (Å²) >= 11 is 1.40. The van der Waals surface area contributed by atoms with Crippen molar-refractivity contribution in [2.24, 2.45) is 0 Å². The zero-order chi connectivity index (χ0) is 19.8. The molecule has 0 saturated heterocycles. The summed E-state index contributed by atoms with van der Waals surface area (Å²) in [5.74, 6) is -0.286. The molecule has 6 nitrogen and oxygen atoms in total. The van der Waals surface area contributed by atoms with Crippen molar-refractivity contribution in [1.29, 1.82) is 0 Å². The van der Waals surface area contributed by atoms with Crippen molar-refractivity contribution in [3.63, 3.8) is 0 Å². The summed E-state index contributed by atoms with van der Waals surface area (Å²) in [4.78, 5) is 39.1. The van der Waals surface area contributed by atoms with Gasteiger partial charge < -0.3 is 14.4 Å². The van der Waals surface area contributed by atoms with Crippen LogP contribution in [0.4, 0.5) is 0 Å². The number of hydrogen-bond donors (Lipinski definition) is 0. The molecule has 2 rings (SSSR count). The lowest BCUT2D eigenvalue weighted by molar-refractivity contribution is -0.151. The maximum absolute atomic E-state index is 12.2. The number of ether oxygens (including phenoxy) is 2. The predicted molar refractivity (Wildman–Crippen MR) is 103 cm³/mol. The van der Waals surface area contributed by atoms with Crippen molar-refractivity contribution in [1.82, 2.24) is 4.90 Å². The van der Waals surface area contributed by atoms with E-state index in [1.54, 1.807) is 20.2 Å². The van der Waals surface area contributed by atoms with Crippen LogP contribution in [-0.4, -0.2) is 43.3 Å². The van der Waals surface area contributed by atoms with Crippen molar-refractivity contribution < 1.29 is 23.9 Å². The smallest absolute Gasteiger partial charge is 0.306 e. The monoisotopic (exact) mass is 389 g/mol. The van der Waals surface area contributed by atoms with Gasteiger partial charge in [-0.05, 0) is 25.1 Å². The van der Waals surface area contributed by atoms with Crippen molar-refractivity contribution >= 4 is 29.0 Å². The van der Waals surface area contributed by atoms with Crippen LogP contribution in [-0.2, 0) is 20.9 Å². The Kier molecular flexibility index (Phi) is 7.55. The molecule has 0 radical (unpaired) electrons. The summed E-state index contributed by atoms with van der Waals surface area (Å²) in [5, 5.41) is 0. The third kappa shape index (κ3) is 6.21. The average Bonchev–Trinajstić information content (AvgIpc) is 3.10. The lowest BCUT2D eigenvalue weighted by atomic mass is 10.2. The molecule has 2 aromatic rings. The average molecular weight is 389 g/mol. The fraction of sp³-hybridized carbons (Fsp3) is 0.350. The van der Waals surface area contributed by atoms with Crippen LogP contribution in [0.15, 0.2) is 36.4 Å². The van der Waals surface area contributed by atoms with E-state index in [2.05, 4.69) is 0 Å². The first-order valence-corrected chi connectivity index (χ1v) is 9.33. The van der Waals surface area contributed by atoms with Gasteiger partial charge in [0.1, 0.15) is 5.75 Å². The third-order valence-corrected chi connectivity index (χ3v) is 5.00. The number of carbonyl (C=O) groups excluding carboxylic acids is 3. The van der Waals surface area contributed by atoms with Crippen LogP contribution in [0.2, 0.25) is 0 Å². The molecule has 144 valence electrons. The van der Waals surface area contributed by atoms with Crippen LogP contribution in [0.3, 0.4) is 0 Å². The minimum Gasteiger partial charge on any atom is -0.496 e. The highest BCUT2D eigenvalue weighted by Crippen LogP contribution is 2.19. The Morgan fingerprint density at radius 1 is 1.07 bits per heavy atom. The molecule has 1 heterocycles. The molecule has 0 aliphatic rings. The third-order valence-electron chi connectivity index (χ3n) is 3.95. The van der Waals surface area contributed by atoms with Gasteiger partial charge in [0, 0.05) is 30.5 Å². The lowest BCUT2D eigenvalue weighted by Gasteiger charge is -2.18. The Balaban J connectivity index is 1.75. The summed E-state index contributed by atoms with van der Waals surface area (Å²) in [7, 11) is 3.20. The van der Waals surface area contributed by atoms with E-state index in [0.29, 0.717) is 17.2 Å². The molecule has 0 atom stereocenters. The number of likely N-dealkylation sites (N-methyl/N-ethyl adjacent to an activating group) is 1. The van der Waals surface area contributed by atoms with Gasteiger partial charge in [0.2, 0.25) is 0 Å². The van der Waals surface area contributed by atoms with Gasteiger partial charge in [0.15, 0.2) is 12.4 Å². The maximum Gasteiger partial charge on any atom is 0.306 e. The molecule has 1 amide bonds. The highest BCUT2D eigenvalue weighted by molar-refractivity contribution is 7.14. The van der Waals surface area contributed by atoms with Crippen LogP contribution in [0, 0.1) is 6.92 Å². The van der Waals surface area contributed by atoms with Crippen LogP contribution in [0.1, 0.15) is 33.0 Å². The normalized spacial score (nSPS) is 10.3. The summed E-state index contributed by atoms with van der Waals surface area (Å²) in [6.45, 7) is 1.91. The summed E-state index contributed by atoms with van der Waals surface area (Å²) in [6, 6.07) is 11.0. The van der Waals surface area contributed by atoms with Gasteiger partial charge in [-0.15, -0.1) is 11.3 Å². The first-order valence-electron chi connectivity index (χ1n) is 8.52. The van der Waals surface area contributed by atoms with Gasteiger partial charge in [-0.3, -0.25) is 14.4 Å². The molecule has 1 aromatic heterocycles. The van der Waals surface area contributed by atoms with Gasteiger partial charge in [0.25, 0.3) is 5.91 Å². The number of methoxy groups -OCH3 is 1. The van der Waals surface area contributed by atoms with Gasteiger partial charge in [-0.2, -0.15) is 0 Å². The van der Waals surface area contributed by atoms with Gasteiger partial charge in [0.05, 0.1) is 18.4 Å². The van der Waals surface area contributed by atoms with E-state index < -0.39 is 5.97 Å². The lowest BCUT2D eigenvalue weighted by Crippen LogP contribution is -2.31. The summed E-state index contributed by atoms with van der Waals surface area (Å²) in [6.07, 6.45) is 0.0311. The Bertz CT molecular complexity index is 814. The molecule has 0 spiro atoms. The molecule has 7 heteroatoms. The highest BCUT2D eigenvalue weighted by Gasteiger charge is 2.16. The van der Waals surface area contributed by atoms with E-state index in [0.717, 1.165) is 10.4 Å². The van der Waals surface area contributed by atoms with Crippen molar-refractivity contribution in [3.05, 3.63) is 51.7 Å². The molecule has 0 aliphatic heterocycles.